The lowest BCUT2D eigenvalue weighted by Crippen LogP contribution is -2.13. The highest BCUT2D eigenvalue weighted by Crippen LogP contribution is 2.28. The van der Waals surface area contributed by atoms with Gasteiger partial charge in [-0.1, -0.05) is 13.3 Å². The molecule has 0 spiro atoms. The molecule has 0 aliphatic carbocycles. The zero-order valence-electron chi connectivity index (χ0n) is 10.6. The monoisotopic (exact) mass is 214 g/mol. The molecule has 1 unspecified atom stereocenters. The van der Waals surface area contributed by atoms with Crippen LogP contribution in [0.5, 0.6) is 0 Å². The van der Waals surface area contributed by atoms with Gasteiger partial charge in [0.15, 0.2) is 0 Å². The molecule has 0 aromatic carbocycles. The van der Waals surface area contributed by atoms with Crippen molar-refractivity contribution in [2.75, 3.05) is 0 Å². The van der Waals surface area contributed by atoms with Gasteiger partial charge >= 0.3 is 0 Å². The minimum absolute atomic E-state index is 0.00296. The Labute approximate surface area is 101 Å². The van der Waals surface area contributed by atoms with E-state index < -0.39 is 0 Å². The fourth-order valence-electron chi connectivity index (χ4n) is 1.56. The second kappa shape index (κ2) is 8.95. The minimum atomic E-state index is -0.00296. The number of unbranched alkanes of at least 4 members (excludes halogenated alkanes) is 2. The van der Waals surface area contributed by atoms with E-state index in [9.17, 15) is 0 Å². The molecule has 0 aliphatic rings. The largest absolute Gasteiger partial charge is 0.120 e. The Kier molecular flexibility index (Phi) is 8.21. The van der Waals surface area contributed by atoms with Crippen LogP contribution in [-0.2, 0) is 0 Å². The van der Waals surface area contributed by atoms with Gasteiger partial charge in [0, 0.05) is 24.7 Å². The lowest BCUT2D eigenvalue weighted by Gasteiger charge is -2.22. The average Bonchev–Trinajstić information content (AvgIpc) is 2.31. The topological polar surface area (TPSA) is 0 Å². The van der Waals surface area contributed by atoms with Crippen molar-refractivity contribution >= 4 is 0 Å². The van der Waals surface area contributed by atoms with Gasteiger partial charge in [0.05, 0.1) is 0 Å². The van der Waals surface area contributed by atoms with Crippen LogP contribution >= 0.6 is 0 Å². The van der Waals surface area contributed by atoms with E-state index in [1.165, 1.54) is 0 Å². The fraction of sp³-hybridized carbons (Fsp3) is 0.625. The third kappa shape index (κ3) is 7.04. The number of terminal acetylenes is 2. The van der Waals surface area contributed by atoms with Crippen molar-refractivity contribution in [3.8, 4) is 36.5 Å². The van der Waals surface area contributed by atoms with Crippen molar-refractivity contribution in [3.05, 3.63) is 0 Å². The van der Waals surface area contributed by atoms with Crippen LogP contribution in [0.3, 0.4) is 0 Å². The van der Waals surface area contributed by atoms with Gasteiger partial charge in [-0.25, -0.2) is 0 Å². The molecule has 0 saturated carbocycles. The summed E-state index contributed by atoms with van der Waals surface area (Å²) in [7, 11) is 0. The SMILES string of the molecule is C#CCCCCC(C)(C#C)CCC#CCC. The molecule has 0 saturated heterocycles. The van der Waals surface area contributed by atoms with Gasteiger partial charge < -0.3 is 0 Å². The lowest BCUT2D eigenvalue weighted by molar-refractivity contribution is 0.368. The van der Waals surface area contributed by atoms with Crippen LogP contribution in [0, 0.1) is 41.9 Å². The highest BCUT2D eigenvalue weighted by atomic mass is 14.2. The van der Waals surface area contributed by atoms with Crippen LogP contribution in [0.2, 0.25) is 0 Å². The molecule has 0 amide bonds. The van der Waals surface area contributed by atoms with Crippen molar-refractivity contribution in [1.82, 2.24) is 0 Å². The molecule has 0 radical (unpaired) electrons. The lowest BCUT2D eigenvalue weighted by atomic mass is 9.81. The van der Waals surface area contributed by atoms with E-state index in [4.69, 9.17) is 12.8 Å². The van der Waals surface area contributed by atoms with E-state index in [0.717, 1.165) is 44.9 Å². The molecule has 1 atom stereocenters. The molecule has 0 heteroatoms. The summed E-state index contributed by atoms with van der Waals surface area (Å²) in [6, 6.07) is 0. The fourth-order valence-corrected chi connectivity index (χ4v) is 1.56. The summed E-state index contributed by atoms with van der Waals surface area (Å²) in [6.45, 7) is 4.21. The molecule has 0 aromatic rings. The summed E-state index contributed by atoms with van der Waals surface area (Å²) < 4.78 is 0. The molecule has 0 heterocycles. The molecule has 86 valence electrons. The third-order valence-corrected chi connectivity index (χ3v) is 2.75. The first kappa shape index (κ1) is 14.7. The average molecular weight is 214 g/mol. The van der Waals surface area contributed by atoms with E-state index in [1.54, 1.807) is 0 Å². The first-order valence-corrected chi connectivity index (χ1v) is 6.05. The molecule has 0 bridgehead atoms. The summed E-state index contributed by atoms with van der Waals surface area (Å²) in [6.07, 6.45) is 17.7. The first-order valence-electron chi connectivity index (χ1n) is 6.05. The molecule has 0 N–H and O–H groups in total. The Hall–Kier alpha value is -1.32. The zero-order valence-corrected chi connectivity index (χ0v) is 10.6. The third-order valence-electron chi connectivity index (χ3n) is 2.75. The minimum Gasteiger partial charge on any atom is -0.120 e. The van der Waals surface area contributed by atoms with Crippen LogP contribution in [-0.4, -0.2) is 0 Å². The molecule has 0 fully saturated rings. The van der Waals surface area contributed by atoms with Gasteiger partial charge in [-0.3, -0.25) is 0 Å². The van der Waals surface area contributed by atoms with E-state index >= 15 is 0 Å². The van der Waals surface area contributed by atoms with Crippen LogP contribution in [0.25, 0.3) is 0 Å². The molecular weight excluding hydrogens is 192 g/mol. The highest BCUT2D eigenvalue weighted by molar-refractivity contribution is 5.06. The van der Waals surface area contributed by atoms with Gasteiger partial charge in [-0.15, -0.1) is 36.5 Å². The summed E-state index contributed by atoms with van der Waals surface area (Å²) in [4.78, 5) is 0. The Morgan fingerprint density at radius 3 is 2.31 bits per heavy atom. The van der Waals surface area contributed by atoms with Crippen LogP contribution in [0.15, 0.2) is 0 Å². The molecule has 0 aliphatic heterocycles. The number of hydrogen-bond donors (Lipinski definition) is 0. The van der Waals surface area contributed by atoms with Crippen molar-refractivity contribution in [3.63, 3.8) is 0 Å². The van der Waals surface area contributed by atoms with E-state index in [0.29, 0.717) is 0 Å². The first-order chi connectivity index (χ1) is 7.68. The predicted octanol–water partition coefficient (Wildman–Crippen LogP) is 4.01. The van der Waals surface area contributed by atoms with E-state index in [2.05, 4.69) is 37.5 Å². The van der Waals surface area contributed by atoms with Crippen LogP contribution in [0.4, 0.5) is 0 Å². The second-order valence-corrected chi connectivity index (χ2v) is 4.32. The van der Waals surface area contributed by atoms with Crippen LogP contribution in [0.1, 0.15) is 58.8 Å². The molecule has 0 rings (SSSR count). The highest BCUT2D eigenvalue weighted by Gasteiger charge is 2.19. The molecule has 0 aromatic heterocycles. The Morgan fingerprint density at radius 2 is 1.75 bits per heavy atom. The Morgan fingerprint density at radius 1 is 1.00 bits per heavy atom. The zero-order chi connectivity index (χ0) is 12.3. The van der Waals surface area contributed by atoms with E-state index in [1.807, 2.05) is 0 Å². The maximum atomic E-state index is 5.60. The van der Waals surface area contributed by atoms with Crippen molar-refractivity contribution in [1.29, 1.82) is 0 Å². The maximum Gasteiger partial charge on any atom is 0.0293 e. The van der Waals surface area contributed by atoms with Gasteiger partial charge in [0.25, 0.3) is 0 Å². The number of rotatable bonds is 6. The second-order valence-electron chi connectivity index (χ2n) is 4.32. The van der Waals surface area contributed by atoms with Crippen molar-refractivity contribution in [2.24, 2.45) is 5.41 Å². The standard InChI is InChI=1S/C16H22/c1-5-8-10-12-14-16(4,7-3)15-13-11-9-6-2/h1,3H,6,8,10,12-15H2,2,4H3. The Bertz CT molecular complexity index is 313. The summed E-state index contributed by atoms with van der Waals surface area (Å²) in [5.74, 6) is 11.8. The molecular formula is C16H22. The van der Waals surface area contributed by atoms with Gasteiger partial charge in [0.1, 0.15) is 0 Å². The van der Waals surface area contributed by atoms with Crippen LogP contribution < -0.4 is 0 Å². The normalized spacial score (nSPS) is 12.8. The summed E-state index contributed by atoms with van der Waals surface area (Å²) >= 11 is 0. The van der Waals surface area contributed by atoms with Gasteiger partial charge in [-0.05, 0) is 26.2 Å². The van der Waals surface area contributed by atoms with Gasteiger partial charge in [0.2, 0.25) is 0 Å². The maximum absolute atomic E-state index is 5.60. The summed E-state index contributed by atoms with van der Waals surface area (Å²) in [5, 5.41) is 0. The number of hydrogen-bond acceptors (Lipinski definition) is 0. The van der Waals surface area contributed by atoms with Crippen molar-refractivity contribution in [2.45, 2.75) is 58.8 Å². The van der Waals surface area contributed by atoms with Gasteiger partial charge in [-0.2, -0.15) is 0 Å². The Balaban J connectivity index is 3.93. The summed E-state index contributed by atoms with van der Waals surface area (Å²) in [5.41, 5.74) is -0.00296. The van der Waals surface area contributed by atoms with E-state index in [-0.39, 0.29) is 5.41 Å². The predicted molar refractivity (Wildman–Crippen MR) is 71.5 cm³/mol. The molecule has 16 heavy (non-hydrogen) atoms. The van der Waals surface area contributed by atoms with Crippen molar-refractivity contribution < 1.29 is 0 Å². The quantitative estimate of drug-likeness (QED) is 0.463. The molecule has 0 nitrogen and oxygen atoms in total. The smallest absolute Gasteiger partial charge is 0.0293 e.